The molecule has 0 aliphatic heterocycles. The fraction of sp³-hybridized carbons (Fsp3) is 0.571. The molecule has 0 amide bonds. The van der Waals surface area contributed by atoms with Gasteiger partial charge in [0, 0.05) is 5.75 Å². The van der Waals surface area contributed by atoms with E-state index in [9.17, 15) is 4.21 Å². The van der Waals surface area contributed by atoms with Crippen LogP contribution in [0.15, 0.2) is 10.3 Å². The first-order chi connectivity index (χ1) is 9.22. The van der Waals surface area contributed by atoms with E-state index in [1.807, 2.05) is 12.1 Å². The first-order valence-electron chi connectivity index (χ1n) is 6.55. The Kier molecular flexibility index (Phi) is 7.40. The Labute approximate surface area is 121 Å². The summed E-state index contributed by atoms with van der Waals surface area (Å²) in [5.41, 5.74) is 0.394. The van der Waals surface area contributed by atoms with E-state index >= 15 is 0 Å². The molecule has 3 nitrogen and oxygen atoms in total. The summed E-state index contributed by atoms with van der Waals surface area (Å²) in [6.07, 6.45) is 6.92. The predicted molar refractivity (Wildman–Crippen MR) is 78.4 cm³/mol. The van der Waals surface area contributed by atoms with Gasteiger partial charge in [0.05, 0.1) is 16.4 Å². The Morgan fingerprint density at radius 3 is 2.47 bits per heavy atom. The Bertz CT molecular complexity index is 508. The van der Waals surface area contributed by atoms with Crippen molar-refractivity contribution in [3.05, 3.63) is 16.5 Å². The monoisotopic (exact) mass is 294 g/mol. The summed E-state index contributed by atoms with van der Waals surface area (Å²) in [5.74, 6) is 0.589. The van der Waals surface area contributed by atoms with Crippen molar-refractivity contribution in [2.45, 2.75) is 49.7 Å². The van der Waals surface area contributed by atoms with Crippen LogP contribution in [0.2, 0.25) is 0 Å². The molecule has 1 heterocycles. The van der Waals surface area contributed by atoms with Gasteiger partial charge >= 0.3 is 0 Å². The zero-order valence-corrected chi connectivity index (χ0v) is 12.8. The summed E-state index contributed by atoms with van der Waals surface area (Å²) < 4.78 is 12.7. The minimum absolute atomic E-state index is 0.394. The lowest BCUT2D eigenvalue weighted by Crippen LogP contribution is -1.97. The molecule has 0 saturated carbocycles. The number of rotatable bonds is 8. The van der Waals surface area contributed by atoms with Crippen LogP contribution in [-0.4, -0.2) is 9.96 Å². The zero-order valence-electron chi connectivity index (χ0n) is 11.1. The molecule has 0 radical (unpaired) electrons. The van der Waals surface area contributed by atoms with Gasteiger partial charge in [-0.15, -0.1) is 11.3 Å². The summed E-state index contributed by atoms with van der Waals surface area (Å²) in [6, 6.07) is 5.54. The standard InChI is InChI=1S/C14H18N2OS2/c1-2-3-4-5-6-7-8-19(17)14-12(10-15)9-13(11-16)18-14/h9H,2-8H2,1H3. The minimum atomic E-state index is -1.14. The molecule has 0 bridgehead atoms. The molecule has 0 aromatic carbocycles. The van der Waals surface area contributed by atoms with Gasteiger partial charge in [-0.3, -0.25) is 4.21 Å². The smallest absolute Gasteiger partial charge is 0.110 e. The summed E-state index contributed by atoms with van der Waals surface area (Å²) in [4.78, 5) is 0.461. The molecule has 0 saturated heterocycles. The molecule has 1 atom stereocenters. The fourth-order valence-electron chi connectivity index (χ4n) is 1.78. The maximum atomic E-state index is 12.1. The Hall–Kier alpha value is -1.17. The van der Waals surface area contributed by atoms with Crippen LogP contribution in [-0.2, 0) is 10.8 Å². The van der Waals surface area contributed by atoms with Crippen molar-refractivity contribution in [1.29, 1.82) is 10.5 Å². The van der Waals surface area contributed by atoms with E-state index in [-0.39, 0.29) is 0 Å². The highest BCUT2D eigenvalue weighted by atomic mass is 32.2. The van der Waals surface area contributed by atoms with Gasteiger partial charge in [0.1, 0.15) is 21.2 Å². The number of nitrogens with zero attached hydrogens (tertiary/aromatic N) is 2. The number of hydrogen-bond donors (Lipinski definition) is 0. The first kappa shape index (κ1) is 15.9. The molecular formula is C14H18N2OS2. The molecule has 1 aromatic rings. The summed E-state index contributed by atoms with van der Waals surface area (Å²) in [5, 5.41) is 17.8. The van der Waals surface area contributed by atoms with E-state index in [1.54, 1.807) is 0 Å². The van der Waals surface area contributed by atoms with Crippen molar-refractivity contribution in [3.63, 3.8) is 0 Å². The lowest BCUT2D eigenvalue weighted by Gasteiger charge is -2.01. The number of hydrogen-bond acceptors (Lipinski definition) is 4. The van der Waals surface area contributed by atoms with Gasteiger partial charge < -0.3 is 0 Å². The quantitative estimate of drug-likeness (QED) is 0.682. The van der Waals surface area contributed by atoms with Gasteiger partial charge in [-0.25, -0.2) is 0 Å². The number of thiophene rings is 1. The van der Waals surface area contributed by atoms with Gasteiger partial charge in [0.15, 0.2) is 0 Å². The molecule has 0 aliphatic rings. The topological polar surface area (TPSA) is 64.7 Å². The normalized spacial score (nSPS) is 11.7. The molecule has 0 fully saturated rings. The minimum Gasteiger partial charge on any atom is -0.253 e. The fourth-order valence-corrected chi connectivity index (χ4v) is 4.31. The second-order valence-corrected chi connectivity index (χ2v) is 7.17. The van der Waals surface area contributed by atoms with Crippen LogP contribution in [0.1, 0.15) is 55.9 Å². The van der Waals surface area contributed by atoms with Crippen LogP contribution in [0.25, 0.3) is 0 Å². The Morgan fingerprint density at radius 1 is 1.16 bits per heavy atom. The van der Waals surface area contributed by atoms with Gasteiger partial charge in [-0.2, -0.15) is 10.5 Å². The van der Waals surface area contributed by atoms with E-state index < -0.39 is 10.8 Å². The summed E-state index contributed by atoms with van der Waals surface area (Å²) in [7, 11) is -1.14. The van der Waals surface area contributed by atoms with Crippen LogP contribution in [0.4, 0.5) is 0 Å². The molecule has 1 unspecified atom stereocenters. The van der Waals surface area contributed by atoms with Crippen LogP contribution >= 0.6 is 11.3 Å². The molecule has 5 heteroatoms. The number of nitriles is 2. The molecule has 1 rings (SSSR count). The molecule has 0 N–H and O–H groups in total. The van der Waals surface area contributed by atoms with E-state index in [2.05, 4.69) is 6.92 Å². The maximum Gasteiger partial charge on any atom is 0.110 e. The molecule has 1 aromatic heterocycles. The van der Waals surface area contributed by atoms with Crippen LogP contribution in [0.5, 0.6) is 0 Å². The molecule has 102 valence electrons. The van der Waals surface area contributed by atoms with Crippen molar-refractivity contribution in [2.75, 3.05) is 5.75 Å². The van der Waals surface area contributed by atoms with Crippen molar-refractivity contribution in [1.82, 2.24) is 0 Å². The van der Waals surface area contributed by atoms with E-state index in [1.165, 1.54) is 43.1 Å². The van der Waals surface area contributed by atoms with Crippen molar-refractivity contribution in [3.8, 4) is 12.1 Å². The highest BCUT2D eigenvalue weighted by Gasteiger charge is 2.14. The highest BCUT2D eigenvalue weighted by molar-refractivity contribution is 7.87. The Morgan fingerprint density at radius 2 is 1.84 bits per heavy atom. The third-order valence-electron chi connectivity index (χ3n) is 2.82. The maximum absolute atomic E-state index is 12.1. The first-order valence-corrected chi connectivity index (χ1v) is 8.68. The average molecular weight is 294 g/mol. The second-order valence-electron chi connectivity index (χ2n) is 4.35. The third kappa shape index (κ3) is 5.14. The van der Waals surface area contributed by atoms with Crippen LogP contribution in [0.3, 0.4) is 0 Å². The summed E-state index contributed by atoms with van der Waals surface area (Å²) in [6.45, 7) is 2.18. The zero-order chi connectivity index (χ0) is 14.1. The van der Waals surface area contributed by atoms with Crippen LogP contribution < -0.4 is 0 Å². The number of unbranched alkanes of at least 4 members (excludes halogenated alkanes) is 5. The van der Waals surface area contributed by atoms with Gasteiger partial charge in [-0.1, -0.05) is 39.0 Å². The lowest BCUT2D eigenvalue weighted by molar-refractivity contribution is 0.622. The van der Waals surface area contributed by atoms with Crippen molar-refractivity contribution in [2.24, 2.45) is 0 Å². The highest BCUT2D eigenvalue weighted by Crippen LogP contribution is 2.25. The van der Waals surface area contributed by atoms with Gasteiger partial charge in [-0.05, 0) is 12.5 Å². The molecule has 0 aliphatic carbocycles. The van der Waals surface area contributed by atoms with Gasteiger partial charge in [0.25, 0.3) is 0 Å². The van der Waals surface area contributed by atoms with E-state index in [4.69, 9.17) is 10.5 Å². The van der Waals surface area contributed by atoms with Crippen molar-refractivity contribution >= 4 is 22.1 Å². The largest absolute Gasteiger partial charge is 0.253 e. The third-order valence-corrected chi connectivity index (χ3v) is 5.75. The second kappa shape index (κ2) is 8.85. The van der Waals surface area contributed by atoms with E-state index in [0.717, 1.165) is 12.8 Å². The summed E-state index contributed by atoms with van der Waals surface area (Å²) >= 11 is 1.18. The molecule has 19 heavy (non-hydrogen) atoms. The Balaban J connectivity index is 2.44. The molecular weight excluding hydrogens is 276 g/mol. The predicted octanol–water partition coefficient (Wildman–Crippen LogP) is 3.96. The van der Waals surface area contributed by atoms with Crippen LogP contribution in [0, 0.1) is 22.7 Å². The van der Waals surface area contributed by atoms with E-state index in [0.29, 0.717) is 20.4 Å². The average Bonchev–Trinajstić information content (AvgIpc) is 2.86. The molecule has 0 spiro atoms. The van der Waals surface area contributed by atoms with Gasteiger partial charge in [0.2, 0.25) is 0 Å². The lowest BCUT2D eigenvalue weighted by atomic mass is 10.1. The SMILES string of the molecule is CCCCCCCCS(=O)c1sc(C#N)cc1C#N. The van der Waals surface area contributed by atoms with Crippen molar-refractivity contribution < 1.29 is 4.21 Å².